The molecule has 2 aromatic rings. The second kappa shape index (κ2) is 6.97. The lowest BCUT2D eigenvalue weighted by atomic mass is 10.1. The van der Waals surface area contributed by atoms with Gasteiger partial charge in [-0.15, -0.1) is 0 Å². The third kappa shape index (κ3) is 3.84. The Morgan fingerprint density at radius 2 is 1.68 bits per heavy atom. The summed E-state index contributed by atoms with van der Waals surface area (Å²) in [7, 11) is 0. The van der Waals surface area contributed by atoms with Crippen LogP contribution in [0.5, 0.6) is 0 Å². The summed E-state index contributed by atoms with van der Waals surface area (Å²) < 4.78 is 0. The Labute approximate surface area is 117 Å². The molecular weight excluding hydrogens is 256 g/mol. The van der Waals surface area contributed by atoms with Gasteiger partial charge >= 0.3 is 0 Å². The van der Waals surface area contributed by atoms with Crippen molar-refractivity contribution in [2.24, 2.45) is 5.84 Å². The van der Waals surface area contributed by atoms with Crippen LogP contribution in [0.3, 0.4) is 0 Å². The first-order valence-corrected chi connectivity index (χ1v) is 7.17. The zero-order valence-corrected chi connectivity index (χ0v) is 11.3. The molecule has 4 heteroatoms. The molecule has 19 heavy (non-hydrogen) atoms. The Kier molecular flexibility index (Phi) is 5.01. The van der Waals surface area contributed by atoms with Gasteiger partial charge in [-0.1, -0.05) is 48.5 Å². The van der Waals surface area contributed by atoms with Crippen molar-refractivity contribution in [2.45, 2.75) is 11.5 Å². The molecule has 0 bridgehead atoms. The summed E-state index contributed by atoms with van der Waals surface area (Å²) in [5.74, 6) is 6.67. The van der Waals surface area contributed by atoms with E-state index in [4.69, 9.17) is 5.84 Å². The van der Waals surface area contributed by atoms with Gasteiger partial charge in [0.15, 0.2) is 0 Å². The summed E-state index contributed by atoms with van der Waals surface area (Å²) in [5.41, 5.74) is 5.12. The van der Waals surface area contributed by atoms with Crippen LogP contribution < -0.4 is 11.3 Å². The number of nitrogen functional groups attached to an aromatic ring is 1. The van der Waals surface area contributed by atoms with Gasteiger partial charge in [0.25, 0.3) is 5.91 Å². The molecule has 98 valence electrons. The number of hydrazine groups is 1. The van der Waals surface area contributed by atoms with Crippen LogP contribution in [0.2, 0.25) is 0 Å². The molecule has 0 saturated heterocycles. The lowest BCUT2D eigenvalue weighted by Crippen LogP contribution is -2.30. The lowest BCUT2D eigenvalue weighted by molar-refractivity contribution is 0.0953. The van der Waals surface area contributed by atoms with Crippen molar-refractivity contribution < 1.29 is 4.79 Å². The first kappa shape index (κ1) is 13.6. The maximum Gasteiger partial charge on any atom is 0.265 e. The third-order valence-electron chi connectivity index (χ3n) is 2.76. The maximum atomic E-state index is 11.6. The van der Waals surface area contributed by atoms with Crippen LogP contribution >= 0.6 is 11.8 Å². The Morgan fingerprint density at radius 3 is 2.42 bits per heavy atom. The lowest BCUT2D eigenvalue weighted by Gasteiger charge is -2.08. The third-order valence-corrected chi connectivity index (χ3v) is 3.81. The standard InChI is InChI=1S/C15H16N2OS/c16-17-15(18)14-9-5-4-8-13(14)11-19-10-12-6-2-1-3-7-12/h1-9H,10-11,16H2,(H,17,18). The molecule has 0 unspecified atom stereocenters. The fraction of sp³-hybridized carbons (Fsp3) is 0.133. The average Bonchev–Trinajstić information content (AvgIpc) is 2.48. The van der Waals surface area contributed by atoms with Crippen molar-refractivity contribution in [3.05, 3.63) is 71.3 Å². The van der Waals surface area contributed by atoms with E-state index in [2.05, 4.69) is 17.6 Å². The van der Waals surface area contributed by atoms with Crippen molar-refractivity contribution >= 4 is 17.7 Å². The van der Waals surface area contributed by atoms with E-state index in [0.29, 0.717) is 5.56 Å². The Hall–Kier alpha value is -1.78. The number of rotatable bonds is 5. The van der Waals surface area contributed by atoms with Crippen molar-refractivity contribution in [3.8, 4) is 0 Å². The molecule has 3 nitrogen and oxygen atoms in total. The van der Waals surface area contributed by atoms with Crippen LogP contribution in [0.25, 0.3) is 0 Å². The highest BCUT2D eigenvalue weighted by Gasteiger charge is 2.08. The number of carbonyl (C=O) groups excluding carboxylic acids is 1. The quantitative estimate of drug-likeness (QED) is 0.500. The average molecular weight is 272 g/mol. The molecule has 0 aromatic heterocycles. The number of hydrogen-bond acceptors (Lipinski definition) is 3. The minimum Gasteiger partial charge on any atom is -0.290 e. The van der Waals surface area contributed by atoms with Crippen molar-refractivity contribution in [3.63, 3.8) is 0 Å². The van der Waals surface area contributed by atoms with Gasteiger partial charge in [-0.25, -0.2) is 5.84 Å². The zero-order chi connectivity index (χ0) is 13.5. The van der Waals surface area contributed by atoms with Crippen LogP contribution in [-0.4, -0.2) is 5.91 Å². The number of amides is 1. The van der Waals surface area contributed by atoms with Crippen LogP contribution in [0.4, 0.5) is 0 Å². The molecule has 0 aliphatic rings. The van der Waals surface area contributed by atoms with E-state index in [1.54, 1.807) is 17.8 Å². The maximum absolute atomic E-state index is 11.6. The number of hydrogen-bond donors (Lipinski definition) is 2. The largest absolute Gasteiger partial charge is 0.290 e. The van der Waals surface area contributed by atoms with E-state index in [1.165, 1.54) is 5.56 Å². The highest BCUT2D eigenvalue weighted by Crippen LogP contribution is 2.20. The van der Waals surface area contributed by atoms with E-state index in [9.17, 15) is 4.79 Å². The molecule has 1 amide bonds. The number of benzene rings is 2. The minimum absolute atomic E-state index is 0.240. The van der Waals surface area contributed by atoms with Gasteiger partial charge in [-0.2, -0.15) is 11.8 Å². The second-order valence-corrected chi connectivity index (χ2v) is 5.09. The molecule has 2 aromatic carbocycles. The van der Waals surface area contributed by atoms with Gasteiger partial charge < -0.3 is 0 Å². The summed E-state index contributed by atoms with van der Waals surface area (Å²) in [4.78, 5) is 11.6. The topological polar surface area (TPSA) is 55.1 Å². The second-order valence-electron chi connectivity index (χ2n) is 4.11. The normalized spacial score (nSPS) is 10.2. The first-order chi connectivity index (χ1) is 9.31. The van der Waals surface area contributed by atoms with Gasteiger partial charge in [0.05, 0.1) is 0 Å². The Balaban J connectivity index is 1.98. The molecule has 0 heterocycles. The minimum atomic E-state index is -0.240. The van der Waals surface area contributed by atoms with E-state index in [-0.39, 0.29) is 5.91 Å². The van der Waals surface area contributed by atoms with Crippen LogP contribution in [0.1, 0.15) is 21.5 Å². The highest BCUT2D eigenvalue weighted by molar-refractivity contribution is 7.97. The molecule has 0 radical (unpaired) electrons. The molecule has 3 N–H and O–H groups in total. The summed E-state index contributed by atoms with van der Waals surface area (Å²) in [6.07, 6.45) is 0. The Morgan fingerprint density at radius 1 is 1.00 bits per heavy atom. The van der Waals surface area contributed by atoms with E-state index >= 15 is 0 Å². The van der Waals surface area contributed by atoms with Gasteiger partial charge in [0, 0.05) is 17.1 Å². The summed E-state index contributed by atoms with van der Waals surface area (Å²) >= 11 is 1.78. The molecule has 0 fully saturated rings. The first-order valence-electron chi connectivity index (χ1n) is 6.02. The van der Waals surface area contributed by atoms with Gasteiger partial charge in [-0.3, -0.25) is 10.2 Å². The van der Waals surface area contributed by atoms with E-state index < -0.39 is 0 Å². The van der Waals surface area contributed by atoms with Crippen LogP contribution in [-0.2, 0) is 11.5 Å². The fourth-order valence-corrected chi connectivity index (χ4v) is 2.80. The van der Waals surface area contributed by atoms with E-state index in [1.807, 2.05) is 36.4 Å². The molecular formula is C15H16N2OS. The molecule has 0 aliphatic carbocycles. The number of thioether (sulfide) groups is 1. The summed E-state index contributed by atoms with van der Waals surface area (Å²) in [6.45, 7) is 0. The van der Waals surface area contributed by atoms with Crippen molar-refractivity contribution in [1.29, 1.82) is 0 Å². The number of carbonyl (C=O) groups is 1. The van der Waals surface area contributed by atoms with Crippen molar-refractivity contribution in [1.82, 2.24) is 5.43 Å². The predicted molar refractivity (Wildman–Crippen MR) is 79.5 cm³/mol. The molecule has 0 aliphatic heterocycles. The van der Waals surface area contributed by atoms with Gasteiger partial charge in [0.2, 0.25) is 0 Å². The monoisotopic (exact) mass is 272 g/mol. The molecule has 0 saturated carbocycles. The molecule has 0 atom stereocenters. The van der Waals surface area contributed by atoms with Crippen LogP contribution in [0.15, 0.2) is 54.6 Å². The van der Waals surface area contributed by atoms with Gasteiger partial charge in [-0.05, 0) is 17.2 Å². The SMILES string of the molecule is NNC(=O)c1ccccc1CSCc1ccccc1. The molecule has 0 spiro atoms. The number of nitrogens with one attached hydrogen (secondary N) is 1. The van der Waals surface area contributed by atoms with Crippen molar-refractivity contribution in [2.75, 3.05) is 0 Å². The van der Waals surface area contributed by atoms with E-state index in [0.717, 1.165) is 17.1 Å². The summed E-state index contributed by atoms with van der Waals surface area (Å²) in [6, 6.07) is 17.8. The zero-order valence-electron chi connectivity index (χ0n) is 10.5. The van der Waals surface area contributed by atoms with Gasteiger partial charge in [0.1, 0.15) is 0 Å². The fourth-order valence-electron chi connectivity index (χ4n) is 1.80. The highest BCUT2D eigenvalue weighted by atomic mass is 32.2. The molecule has 2 rings (SSSR count). The predicted octanol–water partition coefficient (Wildman–Crippen LogP) is 2.72. The smallest absolute Gasteiger partial charge is 0.265 e. The summed E-state index contributed by atoms with van der Waals surface area (Å²) in [5, 5.41) is 0. The van der Waals surface area contributed by atoms with Crippen LogP contribution in [0, 0.1) is 0 Å². The number of nitrogens with two attached hydrogens (primary N) is 1. The Bertz CT molecular complexity index is 543.